The first-order chi connectivity index (χ1) is 10.4. The van der Waals surface area contributed by atoms with Crippen molar-refractivity contribution in [2.75, 3.05) is 0 Å². The maximum absolute atomic E-state index is 3.79. The van der Waals surface area contributed by atoms with Crippen LogP contribution in [0.5, 0.6) is 0 Å². The van der Waals surface area contributed by atoms with Gasteiger partial charge < -0.3 is 0 Å². The Bertz CT molecular complexity index is 377. The first kappa shape index (κ1) is 23.0. The second-order valence-corrected chi connectivity index (χ2v) is 5.92. The van der Waals surface area contributed by atoms with Crippen LogP contribution >= 0.6 is 0 Å². The van der Waals surface area contributed by atoms with E-state index >= 15 is 0 Å². The average molecular weight is 303 g/mol. The SMILES string of the molecule is C=C/C(CC)=C(\C=C)C(C)C.C=C/C=C(/CC)C(C)CCC. The minimum absolute atomic E-state index is 0.556. The van der Waals surface area contributed by atoms with Gasteiger partial charge in [-0.1, -0.05) is 97.6 Å². The molecule has 0 aliphatic carbocycles. The fraction of sp³-hybridized carbons (Fsp3) is 0.545. The summed E-state index contributed by atoms with van der Waals surface area (Å²) >= 11 is 0. The summed E-state index contributed by atoms with van der Waals surface area (Å²) in [6, 6.07) is 0. The van der Waals surface area contributed by atoms with Crippen molar-refractivity contribution < 1.29 is 0 Å². The first-order valence-corrected chi connectivity index (χ1v) is 8.72. The molecule has 0 aliphatic rings. The quantitative estimate of drug-likeness (QED) is 0.383. The summed E-state index contributed by atoms with van der Waals surface area (Å²) in [4.78, 5) is 0. The maximum atomic E-state index is 3.79. The lowest BCUT2D eigenvalue weighted by molar-refractivity contribution is 0.586. The van der Waals surface area contributed by atoms with E-state index in [1.54, 1.807) is 0 Å². The molecule has 22 heavy (non-hydrogen) atoms. The highest BCUT2D eigenvalue weighted by Crippen LogP contribution is 2.19. The predicted octanol–water partition coefficient (Wildman–Crippen LogP) is 7.67. The molecule has 0 saturated carbocycles. The van der Waals surface area contributed by atoms with Crippen LogP contribution in [0.2, 0.25) is 0 Å². The van der Waals surface area contributed by atoms with E-state index in [4.69, 9.17) is 0 Å². The second kappa shape index (κ2) is 14.6. The lowest BCUT2D eigenvalue weighted by atomic mass is 9.94. The normalized spacial score (nSPS) is 13.7. The van der Waals surface area contributed by atoms with Gasteiger partial charge in [-0.2, -0.15) is 0 Å². The van der Waals surface area contributed by atoms with Crippen molar-refractivity contribution in [1.82, 2.24) is 0 Å². The molecule has 0 heterocycles. The van der Waals surface area contributed by atoms with E-state index in [2.05, 4.69) is 67.4 Å². The van der Waals surface area contributed by atoms with Crippen molar-refractivity contribution >= 4 is 0 Å². The Labute approximate surface area is 140 Å². The van der Waals surface area contributed by atoms with Crippen LogP contribution in [0.25, 0.3) is 0 Å². The molecule has 0 aromatic heterocycles. The Morgan fingerprint density at radius 3 is 1.73 bits per heavy atom. The van der Waals surface area contributed by atoms with Crippen molar-refractivity contribution in [1.29, 1.82) is 0 Å². The van der Waals surface area contributed by atoms with Crippen molar-refractivity contribution in [2.45, 2.75) is 67.2 Å². The molecule has 0 spiro atoms. The summed E-state index contributed by atoms with van der Waals surface area (Å²) in [7, 11) is 0. The summed E-state index contributed by atoms with van der Waals surface area (Å²) in [5.41, 5.74) is 4.17. The molecule has 126 valence electrons. The molecule has 0 N–H and O–H groups in total. The summed E-state index contributed by atoms with van der Waals surface area (Å²) in [6.45, 7) is 24.5. The Morgan fingerprint density at radius 2 is 1.50 bits per heavy atom. The molecule has 0 heteroatoms. The van der Waals surface area contributed by atoms with Crippen LogP contribution in [-0.2, 0) is 0 Å². The van der Waals surface area contributed by atoms with Gasteiger partial charge in [0.2, 0.25) is 0 Å². The first-order valence-electron chi connectivity index (χ1n) is 8.72. The van der Waals surface area contributed by atoms with Gasteiger partial charge in [0.1, 0.15) is 0 Å². The van der Waals surface area contributed by atoms with Crippen LogP contribution in [0, 0.1) is 11.8 Å². The highest BCUT2D eigenvalue weighted by molar-refractivity contribution is 5.32. The lowest BCUT2D eigenvalue weighted by Crippen LogP contribution is -1.97. The van der Waals surface area contributed by atoms with E-state index in [-0.39, 0.29) is 0 Å². The summed E-state index contributed by atoms with van der Waals surface area (Å²) in [5.74, 6) is 1.29. The van der Waals surface area contributed by atoms with Crippen LogP contribution in [0.15, 0.2) is 60.8 Å². The molecule has 0 aromatic rings. The maximum Gasteiger partial charge on any atom is -0.0216 e. The van der Waals surface area contributed by atoms with E-state index in [1.807, 2.05) is 18.2 Å². The third-order valence-corrected chi connectivity index (χ3v) is 3.93. The van der Waals surface area contributed by atoms with Crippen molar-refractivity contribution in [3.63, 3.8) is 0 Å². The molecule has 0 rings (SSSR count). The molecule has 0 nitrogen and oxygen atoms in total. The Morgan fingerprint density at radius 1 is 0.909 bits per heavy atom. The van der Waals surface area contributed by atoms with Crippen LogP contribution in [0.1, 0.15) is 67.2 Å². The van der Waals surface area contributed by atoms with Gasteiger partial charge in [0.25, 0.3) is 0 Å². The number of hydrogen-bond donors (Lipinski definition) is 0. The van der Waals surface area contributed by atoms with Gasteiger partial charge in [0.05, 0.1) is 0 Å². The van der Waals surface area contributed by atoms with Crippen molar-refractivity contribution in [2.24, 2.45) is 11.8 Å². The number of allylic oxidation sites excluding steroid dienone is 7. The molecule has 1 unspecified atom stereocenters. The molecule has 0 fully saturated rings. The van der Waals surface area contributed by atoms with Gasteiger partial charge in [-0.05, 0) is 42.2 Å². The molecule has 0 saturated heterocycles. The topological polar surface area (TPSA) is 0 Å². The van der Waals surface area contributed by atoms with Gasteiger partial charge in [-0.15, -0.1) is 0 Å². The van der Waals surface area contributed by atoms with Crippen molar-refractivity contribution in [3.8, 4) is 0 Å². The van der Waals surface area contributed by atoms with E-state index in [0.29, 0.717) is 5.92 Å². The van der Waals surface area contributed by atoms with Crippen molar-refractivity contribution in [3.05, 3.63) is 60.8 Å². The number of hydrogen-bond acceptors (Lipinski definition) is 0. The standard InChI is InChI=1S/C11H18.C11H20/c1-6-10(7-2)11(8-3)9(4)5;1-5-8-10(4)11(7-3)9-6-2/h6,8-9H,1,3,7H2,2,4-5H3;6,9-10H,2,5,7-8H2,1,3-4H3/b11-10-;11-9-. The molecule has 0 aromatic carbocycles. The summed E-state index contributed by atoms with van der Waals surface area (Å²) in [5, 5.41) is 0. The zero-order valence-electron chi connectivity index (χ0n) is 15.9. The predicted molar refractivity (Wildman–Crippen MR) is 105 cm³/mol. The van der Waals surface area contributed by atoms with E-state index in [1.165, 1.54) is 29.6 Å². The van der Waals surface area contributed by atoms with Crippen LogP contribution in [-0.4, -0.2) is 0 Å². The molecular weight excluding hydrogens is 264 g/mol. The highest BCUT2D eigenvalue weighted by Gasteiger charge is 2.03. The Balaban J connectivity index is 0. The Kier molecular flexibility index (Phi) is 15.3. The van der Waals surface area contributed by atoms with Gasteiger partial charge in [0, 0.05) is 0 Å². The van der Waals surface area contributed by atoms with Crippen LogP contribution in [0.3, 0.4) is 0 Å². The fourth-order valence-electron chi connectivity index (χ4n) is 2.60. The molecular formula is C22H38. The molecule has 1 atom stereocenters. The minimum Gasteiger partial charge on any atom is -0.0991 e. The summed E-state index contributed by atoms with van der Waals surface area (Å²) < 4.78 is 0. The molecule has 0 bridgehead atoms. The smallest absolute Gasteiger partial charge is 0.0216 e. The largest absolute Gasteiger partial charge is 0.0991 e. The Hall–Kier alpha value is -1.30. The summed E-state index contributed by atoms with van der Waals surface area (Å²) in [6.07, 6.45) is 12.7. The third-order valence-electron chi connectivity index (χ3n) is 3.93. The van der Waals surface area contributed by atoms with Gasteiger partial charge >= 0.3 is 0 Å². The average Bonchev–Trinajstić information content (AvgIpc) is 2.50. The number of rotatable bonds is 9. The monoisotopic (exact) mass is 302 g/mol. The minimum atomic E-state index is 0.556. The fourth-order valence-corrected chi connectivity index (χ4v) is 2.60. The highest BCUT2D eigenvalue weighted by atomic mass is 14.1. The second-order valence-electron chi connectivity index (χ2n) is 5.92. The zero-order valence-corrected chi connectivity index (χ0v) is 15.9. The van der Waals surface area contributed by atoms with Gasteiger partial charge in [0.15, 0.2) is 0 Å². The van der Waals surface area contributed by atoms with E-state index < -0.39 is 0 Å². The lowest BCUT2D eigenvalue weighted by Gasteiger charge is -2.12. The van der Waals surface area contributed by atoms with E-state index in [9.17, 15) is 0 Å². The van der Waals surface area contributed by atoms with Crippen LogP contribution < -0.4 is 0 Å². The van der Waals surface area contributed by atoms with Gasteiger partial charge in [-0.25, -0.2) is 0 Å². The molecule has 0 amide bonds. The molecule has 0 aliphatic heterocycles. The van der Waals surface area contributed by atoms with Gasteiger partial charge in [-0.3, -0.25) is 0 Å². The van der Waals surface area contributed by atoms with E-state index in [0.717, 1.165) is 18.8 Å². The zero-order chi connectivity index (χ0) is 17.5. The van der Waals surface area contributed by atoms with Crippen LogP contribution in [0.4, 0.5) is 0 Å². The third kappa shape index (κ3) is 9.60. The molecule has 0 radical (unpaired) electrons.